The molecule has 0 radical (unpaired) electrons. The fraction of sp³-hybridized carbons (Fsp3) is 0.556. The Hall–Kier alpha value is -1.84. The number of nitrogens with zero attached hydrogens (tertiary/aromatic N) is 1. The van der Waals surface area contributed by atoms with Crippen molar-refractivity contribution >= 4 is 11.9 Å². The summed E-state index contributed by atoms with van der Waals surface area (Å²) in [5, 5.41) is 0. The van der Waals surface area contributed by atoms with Gasteiger partial charge in [-0.1, -0.05) is 17.7 Å². The highest BCUT2D eigenvalue weighted by atomic mass is 16.6. The number of amides is 1. The average Bonchev–Trinajstić information content (AvgIpc) is 2.92. The molecular weight excluding hydrogens is 278 g/mol. The van der Waals surface area contributed by atoms with Crippen LogP contribution < -0.4 is 0 Å². The van der Waals surface area contributed by atoms with E-state index >= 15 is 0 Å². The Bertz CT molecular complexity index is 644. The zero-order valence-electron chi connectivity index (χ0n) is 13.7. The van der Waals surface area contributed by atoms with Crippen molar-refractivity contribution in [3.8, 4) is 0 Å². The first-order valence-electron chi connectivity index (χ1n) is 7.82. The van der Waals surface area contributed by atoms with Crippen LogP contribution >= 0.6 is 0 Å². The minimum absolute atomic E-state index is 0.199. The van der Waals surface area contributed by atoms with Crippen molar-refractivity contribution in [2.45, 2.75) is 51.6 Å². The summed E-state index contributed by atoms with van der Waals surface area (Å²) in [6, 6.07) is 6.09. The highest BCUT2D eigenvalue weighted by Crippen LogP contribution is 2.45. The molecule has 1 spiro atoms. The minimum Gasteiger partial charge on any atom is -0.444 e. The summed E-state index contributed by atoms with van der Waals surface area (Å²) in [6.07, 6.45) is 1.05. The maximum absolute atomic E-state index is 12.3. The highest BCUT2D eigenvalue weighted by molar-refractivity contribution is 6.02. The van der Waals surface area contributed by atoms with Gasteiger partial charge in [0.1, 0.15) is 5.60 Å². The Labute approximate surface area is 131 Å². The van der Waals surface area contributed by atoms with Crippen LogP contribution in [0.2, 0.25) is 0 Å². The molecule has 1 fully saturated rings. The number of carbonyl (C=O) groups excluding carboxylic acids is 2. The molecule has 1 heterocycles. The fourth-order valence-corrected chi connectivity index (χ4v) is 3.57. The molecule has 0 N–H and O–H groups in total. The average molecular weight is 301 g/mol. The second-order valence-electron chi connectivity index (χ2n) is 7.58. The largest absolute Gasteiger partial charge is 0.444 e. The number of fused-ring (bicyclic) bond motifs is 2. The molecule has 22 heavy (non-hydrogen) atoms. The van der Waals surface area contributed by atoms with E-state index in [9.17, 15) is 9.59 Å². The molecule has 3 rings (SSSR count). The lowest BCUT2D eigenvalue weighted by molar-refractivity contribution is 0.0283. The van der Waals surface area contributed by atoms with E-state index in [4.69, 9.17) is 4.74 Å². The number of ketones is 1. The van der Waals surface area contributed by atoms with E-state index in [0.29, 0.717) is 19.5 Å². The van der Waals surface area contributed by atoms with Crippen LogP contribution in [0.15, 0.2) is 18.2 Å². The van der Waals surface area contributed by atoms with E-state index in [-0.39, 0.29) is 17.3 Å². The van der Waals surface area contributed by atoms with Crippen LogP contribution in [-0.4, -0.2) is 35.5 Å². The Morgan fingerprint density at radius 2 is 2.05 bits per heavy atom. The van der Waals surface area contributed by atoms with Crippen molar-refractivity contribution in [2.75, 3.05) is 13.1 Å². The van der Waals surface area contributed by atoms with Crippen molar-refractivity contribution in [3.63, 3.8) is 0 Å². The third kappa shape index (κ3) is 2.51. The van der Waals surface area contributed by atoms with E-state index in [1.807, 2.05) is 33.8 Å². The van der Waals surface area contributed by atoms with E-state index < -0.39 is 5.60 Å². The molecule has 2 aliphatic rings. The molecule has 118 valence electrons. The Morgan fingerprint density at radius 1 is 1.32 bits per heavy atom. The third-order valence-electron chi connectivity index (χ3n) is 4.55. The van der Waals surface area contributed by atoms with Gasteiger partial charge in [0.05, 0.1) is 0 Å². The lowest BCUT2D eigenvalue weighted by Gasteiger charge is -2.27. The molecule has 4 heteroatoms. The van der Waals surface area contributed by atoms with Gasteiger partial charge < -0.3 is 9.64 Å². The number of ether oxygens (including phenoxy) is 1. The lowest BCUT2D eigenvalue weighted by Crippen LogP contribution is -2.37. The normalized spacial score (nSPS) is 24.0. The number of likely N-dealkylation sites (tertiary alicyclic amines) is 1. The van der Waals surface area contributed by atoms with Gasteiger partial charge in [-0.25, -0.2) is 4.79 Å². The maximum Gasteiger partial charge on any atom is 0.410 e. The number of carbonyl (C=O) groups is 2. The number of hydrogen-bond donors (Lipinski definition) is 0. The molecule has 0 saturated carbocycles. The molecule has 1 atom stereocenters. The van der Waals surface area contributed by atoms with Crippen LogP contribution in [0.25, 0.3) is 0 Å². The second kappa shape index (κ2) is 4.83. The van der Waals surface area contributed by atoms with E-state index in [1.165, 1.54) is 0 Å². The van der Waals surface area contributed by atoms with Crippen LogP contribution in [0.1, 0.15) is 55.1 Å². The summed E-state index contributed by atoms with van der Waals surface area (Å²) in [5.74, 6) is 0.199. The standard InChI is InChI=1S/C18H23NO3/c1-12-5-6-14-13(9-12)15(20)10-18(14)7-8-19(11-18)16(21)22-17(2,3)4/h5-6,9H,7-8,10-11H2,1-4H3. The van der Waals surface area contributed by atoms with Crippen molar-refractivity contribution in [1.29, 1.82) is 0 Å². The van der Waals surface area contributed by atoms with Gasteiger partial charge in [0.15, 0.2) is 5.78 Å². The molecular formula is C18H23NO3. The summed E-state index contributed by atoms with van der Waals surface area (Å²) < 4.78 is 5.46. The van der Waals surface area contributed by atoms with Crippen molar-refractivity contribution < 1.29 is 14.3 Å². The van der Waals surface area contributed by atoms with Gasteiger partial charge in [-0.15, -0.1) is 0 Å². The van der Waals surface area contributed by atoms with Crippen molar-refractivity contribution in [3.05, 3.63) is 34.9 Å². The molecule has 1 amide bonds. The Kier molecular flexibility index (Phi) is 3.31. The predicted octanol–water partition coefficient (Wildman–Crippen LogP) is 3.46. The summed E-state index contributed by atoms with van der Waals surface area (Å²) in [7, 11) is 0. The molecule has 1 saturated heterocycles. The summed E-state index contributed by atoms with van der Waals surface area (Å²) in [5.41, 5.74) is 2.34. The number of benzene rings is 1. The van der Waals surface area contributed by atoms with Crippen LogP contribution in [-0.2, 0) is 10.2 Å². The molecule has 1 aliphatic heterocycles. The van der Waals surface area contributed by atoms with Gasteiger partial charge in [-0.05, 0) is 45.7 Å². The van der Waals surface area contributed by atoms with Crippen LogP contribution in [0, 0.1) is 6.92 Å². The minimum atomic E-state index is -0.493. The first kappa shape index (κ1) is 15.1. The third-order valence-corrected chi connectivity index (χ3v) is 4.55. The molecule has 0 aromatic heterocycles. The SMILES string of the molecule is Cc1ccc2c(c1)C(=O)CC21CCN(C(=O)OC(C)(C)C)C1. The van der Waals surface area contributed by atoms with Crippen molar-refractivity contribution in [1.82, 2.24) is 4.90 Å². The number of aryl methyl sites for hydroxylation is 1. The fourth-order valence-electron chi connectivity index (χ4n) is 3.57. The number of Topliss-reactive ketones (excluding diaryl/α,β-unsaturated/α-hetero) is 1. The van der Waals surface area contributed by atoms with Gasteiger partial charge in [-0.3, -0.25) is 4.79 Å². The zero-order valence-corrected chi connectivity index (χ0v) is 13.7. The van der Waals surface area contributed by atoms with Crippen molar-refractivity contribution in [2.24, 2.45) is 0 Å². The highest BCUT2D eigenvalue weighted by Gasteiger charge is 2.49. The monoisotopic (exact) mass is 301 g/mol. The van der Waals surface area contributed by atoms with Crippen LogP contribution in [0.3, 0.4) is 0 Å². The number of hydrogen-bond acceptors (Lipinski definition) is 3. The first-order valence-corrected chi connectivity index (χ1v) is 7.82. The van der Waals surface area contributed by atoms with Crippen LogP contribution in [0.4, 0.5) is 4.79 Å². The molecule has 1 aromatic carbocycles. The zero-order chi connectivity index (χ0) is 16.1. The van der Waals surface area contributed by atoms with Gasteiger partial charge >= 0.3 is 6.09 Å². The van der Waals surface area contributed by atoms with Crippen LogP contribution in [0.5, 0.6) is 0 Å². The Morgan fingerprint density at radius 3 is 2.73 bits per heavy atom. The van der Waals surface area contributed by atoms with Gasteiger partial charge in [0.25, 0.3) is 0 Å². The van der Waals surface area contributed by atoms with E-state index in [0.717, 1.165) is 23.1 Å². The van der Waals surface area contributed by atoms with Gasteiger partial charge in [0.2, 0.25) is 0 Å². The summed E-state index contributed by atoms with van der Waals surface area (Å²) in [6.45, 7) is 8.83. The Balaban J connectivity index is 1.84. The molecule has 1 unspecified atom stereocenters. The quantitative estimate of drug-likeness (QED) is 0.737. The smallest absolute Gasteiger partial charge is 0.410 e. The summed E-state index contributed by atoms with van der Waals surface area (Å²) >= 11 is 0. The summed E-state index contributed by atoms with van der Waals surface area (Å²) in [4.78, 5) is 26.4. The lowest BCUT2D eigenvalue weighted by atomic mass is 9.81. The number of rotatable bonds is 0. The second-order valence-corrected chi connectivity index (χ2v) is 7.58. The molecule has 0 bridgehead atoms. The van der Waals surface area contributed by atoms with Gasteiger partial charge in [0, 0.05) is 30.5 Å². The first-order chi connectivity index (χ1) is 10.2. The van der Waals surface area contributed by atoms with E-state index in [1.54, 1.807) is 4.90 Å². The topological polar surface area (TPSA) is 46.6 Å². The molecule has 4 nitrogen and oxygen atoms in total. The molecule has 1 aliphatic carbocycles. The van der Waals surface area contributed by atoms with Gasteiger partial charge in [-0.2, -0.15) is 0 Å². The predicted molar refractivity (Wildman–Crippen MR) is 84.2 cm³/mol. The van der Waals surface area contributed by atoms with E-state index in [2.05, 4.69) is 12.1 Å². The molecule has 1 aromatic rings. The maximum atomic E-state index is 12.3.